The predicted molar refractivity (Wildman–Crippen MR) is 110 cm³/mol. The minimum Gasteiger partial charge on any atom is -0.382 e. The number of nitrogens with zero attached hydrogens (tertiary/aromatic N) is 2. The molecule has 1 heterocycles. The van der Waals surface area contributed by atoms with Crippen molar-refractivity contribution in [3.05, 3.63) is 12.4 Å². The van der Waals surface area contributed by atoms with Gasteiger partial charge in [-0.05, 0) is 0 Å². The lowest BCUT2D eigenvalue weighted by Crippen LogP contribution is -2.30. The van der Waals surface area contributed by atoms with E-state index in [0.717, 1.165) is 19.8 Å². The Balaban J connectivity index is 0.00000625. The molecule has 0 aromatic carbocycles. The molecule has 0 radical (unpaired) electrons. The van der Waals surface area contributed by atoms with Crippen molar-refractivity contribution in [3.8, 4) is 0 Å². The molecular formula is C17H35IN2O6. The highest BCUT2D eigenvalue weighted by molar-refractivity contribution is 14.0. The zero-order valence-electron chi connectivity index (χ0n) is 16.1. The topological polar surface area (TPSA) is 61.9 Å². The summed E-state index contributed by atoms with van der Waals surface area (Å²) in [6, 6.07) is 0. The summed E-state index contributed by atoms with van der Waals surface area (Å²) in [5.41, 5.74) is 0. The van der Waals surface area contributed by atoms with Crippen LogP contribution in [0.25, 0.3) is 0 Å². The Bertz CT molecular complexity index is 298. The molecule has 0 N–H and O–H groups in total. The first-order valence-electron chi connectivity index (χ1n) is 8.82. The molecule has 9 heteroatoms. The molecule has 8 nitrogen and oxygen atoms in total. The summed E-state index contributed by atoms with van der Waals surface area (Å²) in [5, 5.41) is 0. The highest BCUT2D eigenvalue weighted by Gasteiger charge is 2.11. The largest absolute Gasteiger partial charge is 0.382 e. The van der Waals surface area contributed by atoms with Crippen LogP contribution >= 0.6 is 24.0 Å². The second-order valence-corrected chi connectivity index (χ2v) is 5.50. The average Bonchev–Trinajstić information content (AvgIpc) is 3.07. The van der Waals surface area contributed by atoms with Crippen LogP contribution < -0.4 is 0 Å². The van der Waals surface area contributed by atoms with E-state index in [1.54, 1.807) is 14.2 Å². The fourth-order valence-electron chi connectivity index (χ4n) is 2.10. The maximum absolute atomic E-state index is 5.56. The van der Waals surface area contributed by atoms with Crippen LogP contribution in [0.1, 0.15) is 0 Å². The van der Waals surface area contributed by atoms with Crippen LogP contribution in [-0.2, 0) is 28.4 Å². The van der Waals surface area contributed by atoms with Gasteiger partial charge in [-0.2, -0.15) is 0 Å². The molecule has 0 aromatic heterocycles. The first kappa shape index (κ1) is 25.8. The molecule has 1 aliphatic heterocycles. The van der Waals surface area contributed by atoms with Crippen LogP contribution in [0.3, 0.4) is 0 Å². The molecule has 0 atom stereocenters. The molecule has 0 bridgehead atoms. The van der Waals surface area contributed by atoms with E-state index in [-0.39, 0.29) is 24.0 Å². The van der Waals surface area contributed by atoms with Gasteiger partial charge in [0.2, 0.25) is 0 Å². The van der Waals surface area contributed by atoms with Crippen LogP contribution in [0.2, 0.25) is 0 Å². The minimum absolute atomic E-state index is 0. The quantitative estimate of drug-likeness (QED) is 0.209. The summed E-state index contributed by atoms with van der Waals surface area (Å²) < 4.78 is 31.6. The molecule has 0 aromatic rings. The van der Waals surface area contributed by atoms with Crippen molar-refractivity contribution in [1.29, 1.82) is 0 Å². The minimum atomic E-state index is 0. The van der Waals surface area contributed by atoms with Crippen LogP contribution in [0.4, 0.5) is 0 Å². The van der Waals surface area contributed by atoms with E-state index in [9.17, 15) is 0 Å². The second kappa shape index (κ2) is 19.6. The third-order valence-corrected chi connectivity index (χ3v) is 3.50. The van der Waals surface area contributed by atoms with E-state index in [1.807, 2.05) is 0 Å². The zero-order chi connectivity index (χ0) is 18.0. The molecule has 156 valence electrons. The van der Waals surface area contributed by atoms with Gasteiger partial charge in [0.25, 0.3) is 0 Å². The molecule has 0 unspecified atom stereocenters. The molecule has 0 spiro atoms. The molecule has 1 aliphatic rings. The highest BCUT2D eigenvalue weighted by Crippen LogP contribution is 2.05. The SMILES string of the molecule is COCCOCCOCCN1C=CN(CCOCCOCCOC)C1.I. The zero-order valence-corrected chi connectivity index (χ0v) is 18.4. The number of hydrogen-bond acceptors (Lipinski definition) is 8. The van der Waals surface area contributed by atoms with Gasteiger partial charge >= 0.3 is 0 Å². The van der Waals surface area contributed by atoms with Crippen LogP contribution in [0, 0.1) is 0 Å². The third-order valence-electron chi connectivity index (χ3n) is 3.50. The van der Waals surface area contributed by atoms with E-state index in [4.69, 9.17) is 28.4 Å². The van der Waals surface area contributed by atoms with Crippen molar-refractivity contribution in [2.75, 3.05) is 100 Å². The number of hydrogen-bond donors (Lipinski definition) is 0. The first-order chi connectivity index (χ1) is 12.4. The highest BCUT2D eigenvalue weighted by atomic mass is 127. The Labute approximate surface area is 174 Å². The third kappa shape index (κ3) is 14.9. The lowest BCUT2D eigenvalue weighted by Gasteiger charge is -2.21. The lowest BCUT2D eigenvalue weighted by atomic mass is 10.6. The van der Waals surface area contributed by atoms with Gasteiger partial charge in [-0.15, -0.1) is 24.0 Å². The molecule has 0 amide bonds. The Hall–Kier alpha value is -0.170. The van der Waals surface area contributed by atoms with Crippen molar-refractivity contribution >= 4 is 24.0 Å². The summed E-state index contributed by atoms with van der Waals surface area (Å²) >= 11 is 0. The van der Waals surface area contributed by atoms with E-state index < -0.39 is 0 Å². The molecule has 0 fully saturated rings. The molecule has 26 heavy (non-hydrogen) atoms. The fourth-order valence-corrected chi connectivity index (χ4v) is 2.10. The fraction of sp³-hybridized carbons (Fsp3) is 0.882. The molecule has 1 rings (SSSR count). The number of rotatable bonds is 18. The van der Waals surface area contributed by atoms with Crippen LogP contribution in [-0.4, -0.2) is 110 Å². The van der Waals surface area contributed by atoms with Crippen LogP contribution in [0.15, 0.2) is 12.4 Å². The van der Waals surface area contributed by atoms with Crippen molar-refractivity contribution in [1.82, 2.24) is 9.80 Å². The molecular weight excluding hydrogens is 455 g/mol. The Morgan fingerprint density at radius 2 is 0.923 bits per heavy atom. The maximum Gasteiger partial charge on any atom is 0.0895 e. The summed E-state index contributed by atoms with van der Waals surface area (Å²) in [6.07, 6.45) is 4.18. The summed E-state index contributed by atoms with van der Waals surface area (Å²) in [5.74, 6) is 0. The van der Waals surface area contributed by atoms with Gasteiger partial charge in [0.15, 0.2) is 0 Å². The summed E-state index contributed by atoms with van der Waals surface area (Å²) in [6.45, 7) is 8.95. The standard InChI is InChI=1S/C17H34N2O6.HI/c1-20-9-11-24-15-13-22-7-5-18-3-4-19(17-18)6-8-23-14-16-25-12-10-21-2;/h3-4H,5-17H2,1-2H3;1H. The number of halogens is 1. The Morgan fingerprint density at radius 1 is 0.577 bits per heavy atom. The average molecular weight is 490 g/mol. The van der Waals surface area contributed by atoms with Gasteiger partial charge in [0, 0.05) is 39.7 Å². The Morgan fingerprint density at radius 3 is 1.31 bits per heavy atom. The van der Waals surface area contributed by atoms with E-state index in [1.165, 1.54) is 0 Å². The first-order valence-corrected chi connectivity index (χ1v) is 8.82. The van der Waals surface area contributed by atoms with Gasteiger partial charge in [0.05, 0.1) is 72.7 Å². The van der Waals surface area contributed by atoms with E-state index in [2.05, 4.69) is 22.2 Å². The van der Waals surface area contributed by atoms with Gasteiger partial charge in [-0.1, -0.05) is 0 Å². The monoisotopic (exact) mass is 490 g/mol. The van der Waals surface area contributed by atoms with Gasteiger partial charge in [-0.25, -0.2) is 0 Å². The molecule has 0 aliphatic carbocycles. The van der Waals surface area contributed by atoms with Crippen LogP contribution in [0.5, 0.6) is 0 Å². The molecule has 0 saturated heterocycles. The second-order valence-electron chi connectivity index (χ2n) is 5.50. The summed E-state index contributed by atoms with van der Waals surface area (Å²) in [4.78, 5) is 4.44. The predicted octanol–water partition coefficient (Wildman–Crippen LogP) is 1.01. The van der Waals surface area contributed by atoms with Crippen molar-refractivity contribution < 1.29 is 28.4 Å². The van der Waals surface area contributed by atoms with E-state index >= 15 is 0 Å². The van der Waals surface area contributed by atoms with E-state index in [0.29, 0.717) is 66.1 Å². The number of methoxy groups -OCH3 is 2. The number of ether oxygens (including phenoxy) is 6. The van der Waals surface area contributed by atoms with Gasteiger partial charge in [-0.3, -0.25) is 0 Å². The Kier molecular flexibility index (Phi) is 19.5. The van der Waals surface area contributed by atoms with Crippen molar-refractivity contribution in [2.45, 2.75) is 0 Å². The van der Waals surface area contributed by atoms with Gasteiger partial charge < -0.3 is 38.2 Å². The van der Waals surface area contributed by atoms with Crippen molar-refractivity contribution in [3.63, 3.8) is 0 Å². The molecule has 0 saturated carbocycles. The smallest absolute Gasteiger partial charge is 0.0895 e. The lowest BCUT2D eigenvalue weighted by molar-refractivity contribution is 0.0175. The summed E-state index contributed by atoms with van der Waals surface area (Å²) in [7, 11) is 3.33. The van der Waals surface area contributed by atoms with Gasteiger partial charge in [0.1, 0.15) is 0 Å². The van der Waals surface area contributed by atoms with Crippen molar-refractivity contribution in [2.24, 2.45) is 0 Å². The maximum atomic E-state index is 5.56. The normalized spacial score (nSPS) is 13.5.